The summed E-state index contributed by atoms with van der Waals surface area (Å²) in [5.74, 6) is 2.18. The molecule has 1 aliphatic carbocycles. The number of thioether (sulfide) groups is 1. The molecule has 3 atom stereocenters. The van der Waals surface area contributed by atoms with Gasteiger partial charge >= 0.3 is 0 Å². The summed E-state index contributed by atoms with van der Waals surface area (Å²) in [6, 6.07) is 9.68. The zero-order valence-corrected chi connectivity index (χ0v) is 14.3. The number of hydrogen-bond acceptors (Lipinski definition) is 4. The topological polar surface area (TPSA) is 52.6 Å². The minimum Gasteiger partial charge on any atom is -0.391 e. The van der Waals surface area contributed by atoms with Crippen molar-refractivity contribution in [3.05, 3.63) is 35.9 Å². The lowest BCUT2D eigenvalue weighted by Gasteiger charge is -2.36. The average Bonchev–Trinajstić information content (AvgIpc) is 2.59. The molecular weight excluding hydrogens is 308 g/mol. The minimum absolute atomic E-state index is 0.0362. The van der Waals surface area contributed by atoms with E-state index in [0.29, 0.717) is 0 Å². The van der Waals surface area contributed by atoms with Crippen LogP contribution in [0.5, 0.6) is 0 Å². The number of nitrogens with zero attached hydrogens (tertiary/aromatic N) is 1. The molecular formula is C18H26N2O2S. The number of nitrogens with one attached hydrogen (secondary N) is 1. The van der Waals surface area contributed by atoms with Crippen LogP contribution < -0.4 is 5.32 Å². The van der Waals surface area contributed by atoms with Gasteiger partial charge < -0.3 is 10.4 Å². The van der Waals surface area contributed by atoms with Gasteiger partial charge in [0.1, 0.15) is 6.04 Å². The maximum absolute atomic E-state index is 13.0. The summed E-state index contributed by atoms with van der Waals surface area (Å²) in [6.45, 7) is 1.87. The SMILES string of the molecule is O=C(NC1CCCCC1O)C(c1ccccc1)N1CCSCC1. The summed E-state index contributed by atoms with van der Waals surface area (Å²) in [6.07, 6.45) is 3.41. The Morgan fingerprint density at radius 3 is 2.57 bits per heavy atom. The van der Waals surface area contributed by atoms with Gasteiger partial charge in [-0.05, 0) is 18.4 Å². The molecule has 0 radical (unpaired) electrons. The van der Waals surface area contributed by atoms with Crippen molar-refractivity contribution in [1.82, 2.24) is 10.2 Å². The van der Waals surface area contributed by atoms with Crippen LogP contribution in [0.4, 0.5) is 0 Å². The smallest absolute Gasteiger partial charge is 0.242 e. The predicted molar refractivity (Wildman–Crippen MR) is 94.5 cm³/mol. The third kappa shape index (κ3) is 4.28. The van der Waals surface area contributed by atoms with Crippen LogP contribution in [0.15, 0.2) is 30.3 Å². The third-order valence-electron chi connectivity index (χ3n) is 4.83. The fourth-order valence-corrected chi connectivity index (χ4v) is 4.47. The maximum Gasteiger partial charge on any atom is 0.242 e. The molecule has 2 aliphatic rings. The maximum atomic E-state index is 13.0. The summed E-state index contributed by atoms with van der Waals surface area (Å²) in [5, 5.41) is 13.3. The third-order valence-corrected chi connectivity index (χ3v) is 5.77. The molecule has 4 nitrogen and oxygen atoms in total. The molecule has 1 aromatic rings. The Labute approximate surface area is 142 Å². The molecule has 1 saturated carbocycles. The van der Waals surface area contributed by atoms with Crippen molar-refractivity contribution in [2.75, 3.05) is 24.6 Å². The van der Waals surface area contributed by atoms with Gasteiger partial charge in [0.25, 0.3) is 0 Å². The Kier molecular flexibility index (Phi) is 5.97. The van der Waals surface area contributed by atoms with Gasteiger partial charge in [-0.15, -0.1) is 0 Å². The number of amides is 1. The van der Waals surface area contributed by atoms with E-state index >= 15 is 0 Å². The zero-order chi connectivity index (χ0) is 16.1. The molecule has 1 aromatic carbocycles. The van der Waals surface area contributed by atoms with E-state index < -0.39 is 6.10 Å². The lowest BCUT2D eigenvalue weighted by atomic mass is 9.92. The van der Waals surface area contributed by atoms with E-state index in [2.05, 4.69) is 10.2 Å². The first-order valence-corrected chi connectivity index (χ1v) is 9.76. The number of hydrogen-bond donors (Lipinski definition) is 2. The highest BCUT2D eigenvalue weighted by molar-refractivity contribution is 7.99. The molecule has 2 fully saturated rings. The number of rotatable bonds is 4. The first-order valence-electron chi connectivity index (χ1n) is 8.61. The summed E-state index contributed by atoms with van der Waals surface area (Å²) < 4.78 is 0. The summed E-state index contributed by atoms with van der Waals surface area (Å²) in [4.78, 5) is 15.3. The molecule has 5 heteroatoms. The van der Waals surface area contributed by atoms with Crippen molar-refractivity contribution in [2.45, 2.75) is 43.9 Å². The Bertz CT molecular complexity index is 505. The number of benzene rings is 1. The van der Waals surface area contributed by atoms with Crippen LogP contribution in [0, 0.1) is 0 Å². The number of carbonyl (C=O) groups excluding carboxylic acids is 1. The van der Waals surface area contributed by atoms with E-state index in [1.807, 2.05) is 42.1 Å². The van der Waals surface area contributed by atoms with E-state index in [1.165, 1.54) is 0 Å². The number of carbonyl (C=O) groups is 1. The van der Waals surface area contributed by atoms with Gasteiger partial charge in [0.05, 0.1) is 12.1 Å². The number of aliphatic hydroxyl groups is 1. The highest BCUT2D eigenvalue weighted by Gasteiger charge is 2.32. The molecule has 0 bridgehead atoms. The van der Waals surface area contributed by atoms with Gasteiger partial charge in [0, 0.05) is 24.6 Å². The highest BCUT2D eigenvalue weighted by Crippen LogP contribution is 2.26. The normalized spacial score (nSPS) is 27.3. The van der Waals surface area contributed by atoms with Gasteiger partial charge in [-0.3, -0.25) is 9.69 Å². The second-order valence-corrected chi connectivity index (χ2v) is 7.65. The van der Waals surface area contributed by atoms with Crippen molar-refractivity contribution in [2.24, 2.45) is 0 Å². The van der Waals surface area contributed by atoms with Gasteiger partial charge in [-0.2, -0.15) is 11.8 Å². The molecule has 0 aromatic heterocycles. The van der Waals surface area contributed by atoms with E-state index in [9.17, 15) is 9.90 Å². The molecule has 1 amide bonds. The fraction of sp³-hybridized carbons (Fsp3) is 0.611. The number of aliphatic hydroxyl groups excluding tert-OH is 1. The fourth-order valence-electron chi connectivity index (χ4n) is 3.54. The van der Waals surface area contributed by atoms with Crippen LogP contribution >= 0.6 is 11.8 Å². The summed E-state index contributed by atoms with van der Waals surface area (Å²) in [7, 11) is 0. The molecule has 3 rings (SSSR count). The van der Waals surface area contributed by atoms with E-state index in [0.717, 1.165) is 55.8 Å². The van der Waals surface area contributed by atoms with Crippen LogP contribution in [0.25, 0.3) is 0 Å². The molecule has 0 spiro atoms. The minimum atomic E-state index is -0.402. The average molecular weight is 334 g/mol. The van der Waals surface area contributed by atoms with Crippen molar-refractivity contribution < 1.29 is 9.90 Å². The Morgan fingerprint density at radius 1 is 1.17 bits per heavy atom. The van der Waals surface area contributed by atoms with Crippen LogP contribution in [-0.4, -0.2) is 52.7 Å². The Balaban J connectivity index is 1.75. The molecule has 3 unspecified atom stereocenters. The van der Waals surface area contributed by atoms with Crippen molar-refractivity contribution in [3.63, 3.8) is 0 Å². The zero-order valence-electron chi connectivity index (χ0n) is 13.5. The monoisotopic (exact) mass is 334 g/mol. The van der Waals surface area contributed by atoms with Gasteiger partial charge in [-0.25, -0.2) is 0 Å². The van der Waals surface area contributed by atoms with Gasteiger partial charge in [0.15, 0.2) is 0 Å². The van der Waals surface area contributed by atoms with Gasteiger partial charge in [0.2, 0.25) is 5.91 Å². The van der Waals surface area contributed by atoms with E-state index in [1.54, 1.807) is 0 Å². The molecule has 23 heavy (non-hydrogen) atoms. The van der Waals surface area contributed by atoms with E-state index in [4.69, 9.17) is 0 Å². The Morgan fingerprint density at radius 2 is 1.87 bits per heavy atom. The lowest BCUT2D eigenvalue weighted by molar-refractivity contribution is -0.128. The predicted octanol–water partition coefficient (Wildman–Crippen LogP) is 2.20. The molecule has 2 N–H and O–H groups in total. The first-order chi connectivity index (χ1) is 11.3. The molecule has 1 heterocycles. The van der Waals surface area contributed by atoms with Crippen LogP contribution in [0.3, 0.4) is 0 Å². The highest BCUT2D eigenvalue weighted by atomic mass is 32.2. The van der Waals surface area contributed by atoms with E-state index in [-0.39, 0.29) is 18.0 Å². The molecule has 126 valence electrons. The van der Waals surface area contributed by atoms with Crippen molar-refractivity contribution >= 4 is 17.7 Å². The first kappa shape index (κ1) is 16.8. The van der Waals surface area contributed by atoms with Crippen molar-refractivity contribution in [1.29, 1.82) is 0 Å². The van der Waals surface area contributed by atoms with Crippen LogP contribution in [0.1, 0.15) is 37.3 Å². The largest absolute Gasteiger partial charge is 0.391 e. The van der Waals surface area contributed by atoms with Crippen LogP contribution in [-0.2, 0) is 4.79 Å². The standard InChI is InChI=1S/C18H26N2O2S/c21-16-9-5-4-8-15(16)19-18(22)17(14-6-2-1-3-7-14)20-10-12-23-13-11-20/h1-3,6-7,15-17,21H,4-5,8-13H2,(H,19,22). The quantitative estimate of drug-likeness (QED) is 0.886. The summed E-state index contributed by atoms with van der Waals surface area (Å²) in [5.41, 5.74) is 1.04. The lowest BCUT2D eigenvalue weighted by Crippen LogP contribution is -2.50. The van der Waals surface area contributed by atoms with Crippen LogP contribution in [0.2, 0.25) is 0 Å². The van der Waals surface area contributed by atoms with Gasteiger partial charge in [-0.1, -0.05) is 43.2 Å². The van der Waals surface area contributed by atoms with Crippen molar-refractivity contribution in [3.8, 4) is 0 Å². The Hall–Kier alpha value is -1.04. The molecule has 1 aliphatic heterocycles. The second kappa shape index (κ2) is 8.18. The second-order valence-electron chi connectivity index (χ2n) is 6.43. The molecule has 1 saturated heterocycles. The summed E-state index contributed by atoms with van der Waals surface area (Å²) >= 11 is 1.95.